The van der Waals surface area contributed by atoms with Crippen molar-refractivity contribution < 1.29 is 82.4 Å². The van der Waals surface area contributed by atoms with Crippen molar-refractivity contribution >= 4 is 84.4 Å². The van der Waals surface area contributed by atoms with Crippen LogP contribution in [0.4, 0.5) is 0 Å². The fourth-order valence-electron chi connectivity index (χ4n) is 9.10. The molecule has 0 spiro atoms. The Balaban J connectivity index is 1.11. The zero-order valence-corrected chi connectivity index (χ0v) is 40.5. The molecule has 7 amide bonds. The lowest BCUT2D eigenvalue weighted by atomic mass is 9.78. The maximum Gasteiger partial charge on any atom is 0.491 e. The van der Waals surface area contributed by atoms with Gasteiger partial charge in [0.05, 0.1) is 19.6 Å². The molecular formula is C48H62B2N6O17. The molecule has 4 atom stereocenters. The number of fused-ring (bicyclic) bond motifs is 2. The number of carboxylic acid groups (broad SMARTS) is 2. The zero-order valence-electron chi connectivity index (χ0n) is 40.5. The van der Waals surface area contributed by atoms with E-state index in [-0.39, 0.29) is 81.9 Å². The number of carbonyl (C=O) groups is 10. The standard InChI is InChI=1S/C48H62B2N6O17/c57-39(12-7-5-3-1-2-4-6-8-13-42(60)61)51-22-10-9-11-36(45(64)54-37(48(67)68)18-21-43(62)73-56-40(58)19-20-41(56)59)53-46(65)38-25-33(52-44(63)29-14-16-31-27-71-49(69)34(31)23-29)26-55(38)47(66)30-15-17-32-28-72-50(70)35(32)24-30/h14-17,23-24,33,36-38,69-70H,1-13,18-22,25-28H2,(H,51,57)(H,52,63)(H,53,65)(H,54,64)(H,60,61)(H,67,68)/t33-,36+,37+,38+/m1/s1. The van der Waals surface area contributed by atoms with Gasteiger partial charge in [-0.15, -0.1) is 5.06 Å². The topological polar surface area (TPSA) is 334 Å². The number of nitrogens with zero attached hydrogens (tertiary/aromatic N) is 2. The van der Waals surface area contributed by atoms with Crippen LogP contribution in [0, 0.1) is 0 Å². The van der Waals surface area contributed by atoms with Crippen LogP contribution in [0.5, 0.6) is 0 Å². The van der Waals surface area contributed by atoms with Crippen molar-refractivity contribution in [2.45, 2.75) is 153 Å². The smallest absolute Gasteiger partial charge is 0.481 e. The van der Waals surface area contributed by atoms with E-state index in [0.717, 1.165) is 38.5 Å². The minimum Gasteiger partial charge on any atom is -0.481 e. The van der Waals surface area contributed by atoms with Gasteiger partial charge in [0.15, 0.2) is 0 Å². The van der Waals surface area contributed by atoms with Crippen LogP contribution >= 0.6 is 0 Å². The van der Waals surface area contributed by atoms with Gasteiger partial charge in [-0.05, 0) is 91.3 Å². The van der Waals surface area contributed by atoms with Gasteiger partial charge in [-0.2, -0.15) is 0 Å². The third-order valence-electron chi connectivity index (χ3n) is 13.2. The number of benzene rings is 2. The molecule has 8 N–H and O–H groups in total. The molecule has 73 heavy (non-hydrogen) atoms. The summed E-state index contributed by atoms with van der Waals surface area (Å²) in [5, 5.41) is 50.5. The second kappa shape index (κ2) is 26.8. The van der Waals surface area contributed by atoms with E-state index < -0.39 is 105 Å². The monoisotopic (exact) mass is 1020 g/mol. The highest BCUT2D eigenvalue weighted by molar-refractivity contribution is 6.62. The van der Waals surface area contributed by atoms with Crippen molar-refractivity contribution in [3.8, 4) is 0 Å². The first-order valence-electron chi connectivity index (χ1n) is 24.8. The number of nitrogens with one attached hydrogen (secondary N) is 4. The second-order valence-electron chi connectivity index (χ2n) is 18.6. The van der Waals surface area contributed by atoms with Gasteiger partial charge in [0, 0.05) is 55.9 Å². The quantitative estimate of drug-likeness (QED) is 0.0312. The number of hydrogen-bond donors (Lipinski definition) is 8. The Morgan fingerprint density at radius 2 is 1.29 bits per heavy atom. The average Bonchev–Trinajstić information content (AvgIpc) is 4.14. The molecule has 23 nitrogen and oxygen atoms in total. The van der Waals surface area contributed by atoms with Gasteiger partial charge < -0.3 is 60.6 Å². The molecule has 0 radical (unpaired) electrons. The summed E-state index contributed by atoms with van der Waals surface area (Å²) < 4.78 is 10.5. The summed E-state index contributed by atoms with van der Waals surface area (Å²) in [6.45, 7) is 0.331. The Labute approximate surface area is 421 Å². The molecule has 392 valence electrons. The van der Waals surface area contributed by atoms with Crippen molar-refractivity contribution in [2.75, 3.05) is 13.1 Å². The molecule has 2 aromatic carbocycles. The van der Waals surface area contributed by atoms with Gasteiger partial charge in [-0.1, -0.05) is 50.7 Å². The number of hydrogen-bond acceptors (Lipinski definition) is 15. The highest BCUT2D eigenvalue weighted by Gasteiger charge is 2.43. The summed E-state index contributed by atoms with van der Waals surface area (Å²) >= 11 is 0. The second-order valence-corrected chi connectivity index (χ2v) is 18.6. The molecule has 0 unspecified atom stereocenters. The highest BCUT2D eigenvalue weighted by atomic mass is 16.7. The van der Waals surface area contributed by atoms with E-state index in [4.69, 9.17) is 19.3 Å². The molecule has 25 heteroatoms. The van der Waals surface area contributed by atoms with Crippen molar-refractivity contribution in [3.05, 3.63) is 58.7 Å². The fraction of sp³-hybridized carbons (Fsp3) is 0.542. The summed E-state index contributed by atoms with van der Waals surface area (Å²) in [6.07, 6.45) is 6.32. The molecule has 0 saturated carbocycles. The molecule has 4 aliphatic heterocycles. The Morgan fingerprint density at radius 3 is 1.90 bits per heavy atom. The third-order valence-corrected chi connectivity index (χ3v) is 13.2. The van der Waals surface area contributed by atoms with Crippen molar-refractivity contribution in [2.24, 2.45) is 0 Å². The molecular weight excluding hydrogens is 954 g/mol. The van der Waals surface area contributed by atoms with Crippen LogP contribution in [0.25, 0.3) is 0 Å². The van der Waals surface area contributed by atoms with E-state index in [2.05, 4.69) is 21.3 Å². The number of imide groups is 1. The zero-order chi connectivity index (χ0) is 52.6. The van der Waals surface area contributed by atoms with E-state index in [1.807, 2.05) is 0 Å². The SMILES string of the molecule is O=C(O)CCCCCCCCCCC(=O)NCCCC[C@H](NC(=O)[C@@H]1C[C@@H](NC(=O)c2ccc3c(c2)B(O)OC3)CN1C(=O)c1ccc2c(c1)B(O)OC2)C(=O)N[C@@H](CCC(=O)ON1C(=O)CCC1=O)C(=O)O. The van der Waals surface area contributed by atoms with Gasteiger partial charge in [0.25, 0.3) is 23.6 Å². The molecule has 4 aliphatic rings. The number of unbranched alkanes of at least 4 members (excludes halogenated alkanes) is 8. The van der Waals surface area contributed by atoms with Gasteiger partial charge in [0.1, 0.15) is 18.1 Å². The van der Waals surface area contributed by atoms with Crippen LogP contribution in [-0.2, 0) is 65.7 Å². The van der Waals surface area contributed by atoms with Crippen LogP contribution in [-0.4, -0.2) is 141 Å². The number of likely N-dealkylation sites (tertiary alicyclic amines) is 1. The van der Waals surface area contributed by atoms with Crippen molar-refractivity contribution in [3.63, 3.8) is 0 Å². The maximum absolute atomic E-state index is 14.5. The van der Waals surface area contributed by atoms with Gasteiger partial charge >= 0.3 is 32.1 Å². The molecule has 6 rings (SSSR count). The Hall–Kier alpha value is -6.69. The number of rotatable bonds is 28. The first-order valence-corrected chi connectivity index (χ1v) is 24.8. The molecule has 2 fully saturated rings. The molecule has 2 saturated heterocycles. The Kier molecular flexibility index (Phi) is 20.5. The first kappa shape index (κ1) is 55.6. The predicted molar refractivity (Wildman–Crippen MR) is 257 cm³/mol. The van der Waals surface area contributed by atoms with Crippen LogP contribution in [0.3, 0.4) is 0 Å². The number of hydroxylamine groups is 2. The minimum absolute atomic E-state index is 0.0747. The van der Waals surface area contributed by atoms with Crippen molar-refractivity contribution in [1.29, 1.82) is 0 Å². The fourth-order valence-corrected chi connectivity index (χ4v) is 9.10. The van der Waals surface area contributed by atoms with Gasteiger partial charge in [-0.25, -0.2) is 9.59 Å². The van der Waals surface area contributed by atoms with E-state index >= 15 is 0 Å². The molecule has 0 aromatic heterocycles. The lowest BCUT2D eigenvalue weighted by Gasteiger charge is -2.27. The highest BCUT2D eigenvalue weighted by Crippen LogP contribution is 2.24. The first-order chi connectivity index (χ1) is 35.0. The average molecular weight is 1020 g/mol. The summed E-state index contributed by atoms with van der Waals surface area (Å²) in [5.41, 5.74) is 2.42. The van der Waals surface area contributed by atoms with Crippen LogP contribution < -0.4 is 32.2 Å². The lowest BCUT2D eigenvalue weighted by Crippen LogP contribution is -2.55. The third kappa shape index (κ3) is 15.9. The summed E-state index contributed by atoms with van der Waals surface area (Å²) in [6, 6.07) is 4.01. The summed E-state index contributed by atoms with van der Waals surface area (Å²) in [4.78, 5) is 135. The molecule has 4 heterocycles. The van der Waals surface area contributed by atoms with Crippen molar-refractivity contribution in [1.82, 2.24) is 31.2 Å². The van der Waals surface area contributed by atoms with Crippen LogP contribution in [0.1, 0.15) is 147 Å². The van der Waals surface area contributed by atoms with E-state index in [0.29, 0.717) is 52.8 Å². The number of carboxylic acids is 2. The van der Waals surface area contributed by atoms with Crippen LogP contribution in [0.2, 0.25) is 0 Å². The summed E-state index contributed by atoms with van der Waals surface area (Å²) in [7, 11) is -2.50. The minimum atomic E-state index is -1.71. The van der Waals surface area contributed by atoms with Gasteiger partial charge in [-0.3, -0.25) is 38.4 Å². The van der Waals surface area contributed by atoms with E-state index in [1.165, 1.54) is 23.1 Å². The lowest BCUT2D eigenvalue weighted by molar-refractivity contribution is -0.197. The number of amides is 7. The summed E-state index contributed by atoms with van der Waals surface area (Å²) in [5.74, 6) is -8.08. The largest absolute Gasteiger partial charge is 0.491 e. The van der Waals surface area contributed by atoms with Gasteiger partial charge in [0.2, 0.25) is 17.7 Å². The Bertz CT molecular complexity index is 2390. The number of aliphatic carboxylic acids is 2. The molecule has 0 aliphatic carbocycles. The molecule has 0 bridgehead atoms. The van der Waals surface area contributed by atoms with E-state index in [1.54, 1.807) is 18.2 Å². The normalized spacial score (nSPS) is 17.7. The Morgan fingerprint density at radius 1 is 0.699 bits per heavy atom. The molecule has 2 aromatic rings. The number of carbonyl (C=O) groups excluding carboxylic acids is 8. The predicted octanol–water partition coefficient (Wildman–Crippen LogP) is -0.151. The maximum atomic E-state index is 14.5. The van der Waals surface area contributed by atoms with E-state index in [9.17, 15) is 63.1 Å². The van der Waals surface area contributed by atoms with Crippen LogP contribution in [0.15, 0.2) is 36.4 Å².